The molecule has 0 saturated carbocycles. The van der Waals surface area contributed by atoms with Crippen LogP contribution in [0.25, 0.3) is 11.3 Å². The lowest BCUT2D eigenvalue weighted by Crippen LogP contribution is -2.46. The molecule has 0 spiro atoms. The lowest BCUT2D eigenvalue weighted by Gasteiger charge is -2.31. The Hall–Kier alpha value is -3.66. The van der Waals surface area contributed by atoms with Gasteiger partial charge in [0.25, 0.3) is 0 Å². The number of halogens is 1. The van der Waals surface area contributed by atoms with E-state index in [0.29, 0.717) is 16.5 Å². The van der Waals surface area contributed by atoms with E-state index in [9.17, 15) is 4.79 Å². The number of hydrogen-bond acceptors (Lipinski definition) is 8. The van der Waals surface area contributed by atoms with Gasteiger partial charge < -0.3 is 14.4 Å². The van der Waals surface area contributed by atoms with E-state index in [-0.39, 0.29) is 29.8 Å². The number of rotatable bonds is 4. The van der Waals surface area contributed by atoms with Crippen LogP contribution in [0.2, 0.25) is 5.02 Å². The summed E-state index contributed by atoms with van der Waals surface area (Å²) in [5, 5.41) is 3.39. The molecule has 10 nitrogen and oxygen atoms in total. The predicted octanol–water partition coefficient (Wildman–Crippen LogP) is 3.63. The van der Waals surface area contributed by atoms with E-state index >= 15 is 0 Å². The number of carbonyl (C=O) groups is 1. The van der Waals surface area contributed by atoms with E-state index < -0.39 is 0 Å². The molecule has 2 amide bonds. The van der Waals surface area contributed by atoms with E-state index in [2.05, 4.69) is 25.2 Å². The van der Waals surface area contributed by atoms with Crippen LogP contribution in [0.3, 0.4) is 0 Å². The number of amides is 2. The van der Waals surface area contributed by atoms with Crippen molar-refractivity contribution in [1.29, 1.82) is 0 Å². The van der Waals surface area contributed by atoms with Crippen molar-refractivity contribution in [2.45, 2.75) is 18.9 Å². The molecule has 3 aromatic rings. The van der Waals surface area contributed by atoms with Gasteiger partial charge in [-0.1, -0.05) is 11.6 Å². The van der Waals surface area contributed by atoms with Crippen LogP contribution >= 0.6 is 11.6 Å². The van der Waals surface area contributed by atoms with Crippen molar-refractivity contribution >= 4 is 35.0 Å². The number of piperidine rings is 1. The summed E-state index contributed by atoms with van der Waals surface area (Å²) in [5.74, 6) is 1.16. The molecule has 1 N–H and O–H groups in total. The van der Waals surface area contributed by atoms with Crippen molar-refractivity contribution < 1.29 is 14.3 Å². The quantitative estimate of drug-likeness (QED) is 0.620. The van der Waals surface area contributed by atoms with Crippen LogP contribution in [0.1, 0.15) is 12.8 Å². The second-order valence-corrected chi connectivity index (χ2v) is 8.17. The minimum Gasteiger partial charge on any atom is -0.481 e. The van der Waals surface area contributed by atoms with Crippen molar-refractivity contribution in [1.82, 2.24) is 19.9 Å². The fourth-order valence-electron chi connectivity index (χ4n) is 4.21. The molecule has 0 unspecified atom stereocenters. The Morgan fingerprint density at radius 2 is 1.91 bits per heavy atom. The maximum absolute atomic E-state index is 13.6. The number of nitrogens with zero attached hydrogens (tertiary/aromatic N) is 6. The minimum absolute atomic E-state index is 0.00775. The first-order valence-electron chi connectivity index (χ1n) is 10.5. The van der Waals surface area contributed by atoms with Crippen LogP contribution < -0.4 is 24.6 Å². The normalized spacial score (nSPS) is 15.1. The number of nitrogens with one attached hydrogen (secondary N) is 1. The van der Waals surface area contributed by atoms with Crippen LogP contribution in [0.5, 0.6) is 11.9 Å². The highest BCUT2D eigenvalue weighted by molar-refractivity contribution is 6.30. The van der Waals surface area contributed by atoms with Crippen molar-refractivity contribution in [2.24, 2.45) is 0 Å². The Labute approximate surface area is 195 Å². The number of pyridine rings is 2. The van der Waals surface area contributed by atoms with Crippen LogP contribution in [-0.2, 0) is 0 Å². The lowest BCUT2D eigenvalue weighted by molar-refractivity contribution is 0.253. The molecule has 11 heteroatoms. The summed E-state index contributed by atoms with van der Waals surface area (Å²) in [6.45, 7) is 1.71. The van der Waals surface area contributed by atoms with E-state index in [4.69, 9.17) is 26.1 Å². The second-order valence-electron chi connectivity index (χ2n) is 7.73. The molecule has 6 rings (SSSR count). The molecule has 1 fully saturated rings. The van der Waals surface area contributed by atoms with Gasteiger partial charge in [-0.15, -0.1) is 0 Å². The van der Waals surface area contributed by atoms with Gasteiger partial charge in [0.05, 0.1) is 30.6 Å². The summed E-state index contributed by atoms with van der Waals surface area (Å²) in [6, 6.07) is 7.06. The molecule has 0 atom stereocenters. The summed E-state index contributed by atoms with van der Waals surface area (Å²) < 4.78 is 10.3. The van der Waals surface area contributed by atoms with Crippen molar-refractivity contribution in [3.8, 4) is 23.1 Å². The maximum atomic E-state index is 13.6. The third-order valence-electron chi connectivity index (χ3n) is 5.78. The molecule has 2 bridgehead atoms. The number of carbonyl (C=O) groups excluding carboxylic acids is 1. The van der Waals surface area contributed by atoms with Gasteiger partial charge >= 0.3 is 12.0 Å². The van der Waals surface area contributed by atoms with Gasteiger partial charge in [-0.05, 0) is 31.0 Å². The SMILES string of the molecule is COc1cc(NC(=O)N2c3nc(-c4cncc(Cl)c4)ccc3N3CCC2CC3)nc(OC)n1. The number of methoxy groups -OCH3 is 2. The lowest BCUT2D eigenvalue weighted by atomic mass is 10.1. The smallest absolute Gasteiger partial charge is 0.328 e. The molecular formula is C22H22ClN7O3. The third-order valence-corrected chi connectivity index (χ3v) is 5.99. The van der Waals surface area contributed by atoms with Crippen molar-refractivity contribution in [2.75, 3.05) is 42.4 Å². The molecule has 3 aromatic heterocycles. The van der Waals surface area contributed by atoms with Crippen LogP contribution in [0.4, 0.5) is 22.1 Å². The highest BCUT2D eigenvalue weighted by atomic mass is 35.5. The molecule has 0 aliphatic carbocycles. The molecular weight excluding hydrogens is 446 g/mol. The summed E-state index contributed by atoms with van der Waals surface area (Å²) in [4.78, 5) is 34.9. The van der Waals surface area contributed by atoms with E-state index in [1.807, 2.05) is 12.1 Å². The van der Waals surface area contributed by atoms with Crippen molar-refractivity contribution in [3.63, 3.8) is 0 Å². The Morgan fingerprint density at radius 1 is 1.09 bits per heavy atom. The monoisotopic (exact) mass is 467 g/mol. The predicted molar refractivity (Wildman–Crippen MR) is 124 cm³/mol. The van der Waals surface area contributed by atoms with Crippen LogP contribution in [-0.4, -0.2) is 59.3 Å². The second kappa shape index (κ2) is 8.70. The van der Waals surface area contributed by atoms with Gasteiger partial charge in [-0.25, -0.2) is 9.78 Å². The summed E-state index contributed by atoms with van der Waals surface area (Å²) >= 11 is 6.13. The summed E-state index contributed by atoms with van der Waals surface area (Å²) in [7, 11) is 2.94. The number of fused-ring (bicyclic) bond motifs is 2. The van der Waals surface area contributed by atoms with Gasteiger partial charge in [-0.2, -0.15) is 9.97 Å². The first-order valence-corrected chi connectivity index (χ1v) is 10.9. The molecule has 170 valence electrons. The number of anilines is 3. The van der Waals surface area contributed by atoms with Crippen LogP contribution in [0.15, 0.2) is 36.7 Å². The van der Waals surface area contributed by atoms with Gasteiger partial charge in [0, 0.05) is 43.2 Å². The van der Waals surface area contributed by atoms with Gasteiger partial charge in [0.15, 0.2) is 5.82 Å². The zero-order valence-corrected chi connectivity index (χ0v) is 18.9. The Morgan fingerprint density at radius 3 is 2.64 bits per heavy atom. The zero-order valence-electron chi connectivity index (χ0n) is 18.2. The minimum atomic E-state index is -0.332. The zero-order chi connectivity index (χ0) is 22.9. The Bertz CT molecular complexity index is 1180. The topological polar surface area (TPSA) is 106 Å². The van der Waals surface area contributed by atoms with Gasteiger partial charge in [0.1, 0.15) is 5.82 Å². The first kappa shape index (κ1) is 21.2. The van der Waals surface area contributed by atoms with Crippen LogP contribution in [0, 0.1) is 0 Å². The molecule has 1 saturated heterocycles. The first-order chi connectivity index (χ1) is 16.1. The highest BCUT2D eigenvalue weighted by Crippen LogP contribution is 2.39. The van der Waals surface area contributed by atoms with Gasteiger partial charge in [-0.3, -0.25) is 15.2 Å². The number of hydrogen-bond donors (Lipinski definition) is 1. The van der Waals surface area contributed by atoms with E-state index in [0.717, 1.165) is 37.2 Å². The molecule has 33 heavy (non-hydrogen) atoms. The fraction of sp³-hybridized carbons (Fsp3) is 0.318. The Balaban J connectivity index is 1.54. The largest absolute Gasteiger partial charge is 0.481 e. The highest BCUT2D eigenvalue weighted by Gasteiger charge is 2.37. The molecule has 3 aliphatic rings. The number of urea groups is 1. The fourth-order valence-corrected chi connectivity index (χ4v) is 4.39. The molecule has 6 heterocycles. The standard InChI is InChI=1S/C22H22ClN7O3/c1-32-19-10-18(26-21(28-19)33-2)27-22(31)30-15-5-7-29(8-6-15)17-4-3-16(25-20(17)30)13-9-14(23)12-24-11-13/h3-4,9-12,15H,5-8H2,1-2H3,(H,26,27,28,31). The molecule has 0 radical (unpaired) electrons. The third kappa shape index (κ3) is 4.09. The average molecular weight is 468 g/mol. The maximum Gasteiger partial charge on any atom is 0.328 e. The van der Waals surface area contributed by atoms with E-state index in [1.165, 1.54) is 14.2 Å². The number of ether oxygens (including phenoxy) is 2. The summed E-state index contributed by atoms with van der Waals surface area (Å²) in [6.07, 6.45) is 4.96. The van der Waals surface area contributed by atoms with E-state index in [1.54, 1.807) is 29.4 Å². The molecule has 0 aromatic carbocycles. The summed E-state index contributed by atoms with van der Waals surface area (Å²) in [5.41, 5.74) is 2.39. The number of aromatic nitrogens is 4. The van der Waals surface area contributed by atoms with Crippen molar-refractivity contribution in [3.05, 3.63) is 41.7 Å². The Kier molecular flexibility index (Phi) is 5.59. The molecule has 3 aliphatic heterocycles. The van der Waals surface area contributed by atoms with Gasteiger partial charge in [0.2, 0.25) is 5.88 Å². The average Bonchev–Trinajstić information content (AvgIpc) is 3.09.